The van der Waals surface area contributed by atoms with Crippen molar-refractivity contribution in [2.75, 3.05) is 13.2 Å². The fraction of sp³-hybridized carbons (Fsp3) is 0.625. The molecular formula is C40H57NO11. The molecule has 2 aromatic carbocycles. The van der Waals surface area contributed by atoms with Gasteiger partial charge in [-0.25, -0.2) is 4.79 Å². The van der Waals surface area contributed by atoms with Crippen molar-refractivity contribution in [3.63, 3.8) is 0 Å². The van der Waals surface area contributed by atoms with Crippen LogP contribution in [-0.2, 0) is 46.4 Å². The maximum absolute atomic E-state index is 12.6. The average molecular weight is 728 g/mol. The lowest BCUT2D eigenvalue weighted by molar-refractivity contribution is -0.341. The number of carbonyl (C=O) groups excluding carboxylic acids is 1. The molecule has 0 bridgehead atoms. The van der Waals surface area contributed by atoms with Gasteiger partial charge in [-0.05, 0) is 42.7 Å². The van der Waals surface area contributed by atoms with E-state index in [1.165, 1.54) is 6.08 Å². The number of carbonyl (C=O) groups is 1. The zero-order valence-corrected chi connectivity index (χ0v) is 30.7. The van der Waals surface area contributed by atoms with Gasteiger partial charge in [0.25, 0.3) is 0 Å². The van der Waals surface area contributed by atoms with E-state index in [-0.39, 0.29) is 36.6 Å². The SMILES string of the molecule is C=CCOC(=O)NC1C(O)[C@@H](O)[C@H](CO)O[C@H]1O[C@@H]1CC(C)CC(CC)[C@H]1O[C@@H]1OC(C)[C@@H](C)[C@H](OCc2ccccc2)C1OCc1ccccc1. The molecule has 52 heavy (non-hydrogen) atoms. The lowest BCUT2D eigenvalue weighted by Crippen LogP contribution is -2.66. The summed E-state index contributed by atoms with van der Waals surface area (Å²) in [6.07, 6.45) is -5.64. The third-order valence-electron chi connectivity index (χ3n) is 10.6. The van der Waals surface area contributed by atoms with E-state index >= 15 is 0 Å². The van der Waals surface area contributed by atoms with Gasteiger partial charge in [-0.15, -0.1) is 0 Å². The summed E-state index contributed by atoms with van der Waals surface area (Å²) in [6.45, 7) is 12.0. The fourth-order valence-electron chi connectivity index (χ4n) is 7.50. The van der Waals surface area contributed by atoms with Gasteiger partial charge in [0.2, 0.25) is 0 Å². The Labute approximate surface area is 307 Å². The highest BCUT2D eigenvalue weighted by atomic mass is 16.7. The summed E-state index contributed by atoms with van der Waals surface area (Å²) < 4.78 is 44.7. The van der Waals surface area contributed by atoms with E-state index in [4.69, 9.17) is 33.2 Å². The van der Waals surface area contributed by atoms with Crippen LogP contribution in [0.2, 0.25) is 0 Å². The standard InChI is InChI=1S/C40H57NO11/c1-6-18-46-40(45)41-32-34(44)33(43)31(21-42)51-38(32)50-30-20-24(3)19-29(7-2)36(30)52-39-37(48-23-28-16-12-9-13-17-28)35(25(4)26(5)49-39)47-22-27-14-10-8-11-15-27/h6,8-17,24-26,29-39,42-44H,1,7,18-23H2,2-5H3,(H,41,45)/t24?,25-,26?,29?,30-,31+,32?,33+,34?,35+,36-,37?,38-,39+/m1/s1. The van der Waals surface area contributed by atoms with Gasteiger partial charge < -0.3 is 53.8 Å². The summed E-state index contributed by atoms with van der Waals surface area (Å²) >= 11 is 0. The molecule has 6 unspecified atom stereocenters. The molecule has 1 saturated carbocycles. The first-order valence-electron chi connectivity index (χ1n) is 18.6. The molecule has 0 aromatic heterocycles. The van der Waals surface area contributed by atoms with Crippen LogP contribution in [0.1, 0.15) is 58.1 Å². The number of nitrogens with one attached hydrogen (secondary N) is 1. The number of ether oxygens (including phenoxy) is 7. The normalized spacial score (nSPS) is 36.5. The number of hydrogen-bond acceptors (Lipinski definition) is 11. The van der Waals surface area contributed by atoms with Crippen molar-refractivity contribution in [1.29, 1.82) is 0 Å². The van der Waals surface area contributed by atoms with Gasteiger partial charge in [-0.3, -0.25) is 0 Å². The van der Waals surface area contributed by atoms with Crippen LogP contribution < -0.4 is 5.32 Å². The van der Waals surface area contributed by atoms with E-state index in [0.717, 1.165) is 24.0 Å². The van der Waals surface area contributed by atoms with E-state index in [9.17, 15) is 20.1 Å². The molecule has 4 N–H and O–H groups in total. The quantitative estimate of drug-likeness (QED) is 0.192. The van der Waals surface area contributed by atoms with Crippen LogP contribution in [0.3, 0.4) is 0 Å². The van der Waals surface area contributed by atoms with Gasteiger partial charge in [0.05, 0.1) is 44.2 Å². The summed E-state index contributed by atoms with van der Waals surface area (Å²) in [5.41, 5.74) is 2.05. The molecule has 12 nitrogen and oxygen atoms in total. The van der Waals surface area contributed by atoms with Crippen molar-refractivity contribution in [3.8, 4) is 0 Å². The molecule has 2 aliphatic heterocycles. The van der Waals surface area contributed by atoms with E-state index in [0.29, 0.717) is 19.6 Å². The summed E-state index contributed by atoms with van der Waals surface area (Å²) in [4.78, 5) is 12.6. The molecule has 2 heterocycles. The lowest BCUT2D eigenvalue weighted by atomic mass is 9.77. The summed E-state index contributed by atoms with van der Waals surface area (Å²) in [7, 11) is 0. The van der Waals surface area contributed by atoms with Crippen LogP contribution in [0.4, 0.5) is 4.79 Å². The van der Waals surface area contributed by atoms with Crippen molar-refractivity contribution in [3.05, 3.63) is 84.4 Å². The number of alkyl carbamates (subject to hydrolysis) is 1. The Morgan fingerprint density at radius 3 is 2.10 bits per heavy atom. The Bertz CT molecular complexity index is 1370. The molecule has 288 valence electrons. The Morgan fingerprint density at radius 2 is 1.50 bits per heavy atom. The average Bonchev–Trinajstić information content (AvgIpc) is 3.15. The minimum Gasteiger partial charge on any atom is -0.445 e. The maximum atomic E-state index is 12.6. The highest BCUT2D eigenvalue weighted by Gasteiger charge is 2.51. The van der Waals surface area contributed by atoms with Crippen molar-refractivity contribution >= 4 is 6.09 Å². The third kappa shape index (κ3) is 10.2. The molecule has 1 aliphatic carbocycles. The minimum absolute atomic E-state index is 0.0172. The topological polar surface area (TPSA) is 154 Å². The Morgan fingerprint density at radius 1 is 0.865 bits per heavy atom. The first-order chi connectivity index (χ1) is 25.1. The monoisotopic (exact) mass is 727 g/mol. The van der Waals surface area contributed by atoms with Gasteiger partial charge >= 0.3 is 6.09 Å². The molecule has 0 spiro atoms. The van der Waals surface area contributed by atoms with Crippen LogP contribution in [-0.4, -0.2) is 102 Å². The van der Waals surface area contributed by atoms with Crippen molar-refractivity contribution in [2.45, 2.75) is 128 Å². The number of amides is 1. The van der Waals surface area contributed by atoms with Gasteiger partial charge in [-0.2, -0.15) is 0 Å². The Hall–Kier alpha value is -2.91. The van der Waals surface area contributed by atoms with Crippen LogP contribution >= 0.6 is 0 Å². The molecule has 12 heteroatoms. The van der Waals surface area contributed by atoms with Crippen LogP contribution in [0, 0.1) is 17.8 Å². The van der Waals surface area contributed by atoms with Crippen LogP contribution in [0.5, 0.6) is 0 Å². The van der Waals surface area contributed by atoms with E-state index < -0.39 is 67.9 Å². The summed E-state index contributed by atoms with van der Waals surface area (Å²) in [5.74, 6) is 0.295. The van der Waals surface area contributed by atoms with Crippen LogP contribution in [0.25, 0.3) is 0 Å². The number of hydrogen-bond donors (Lipinski definition) is 4. The predicted molar refractivity (Wildman–Crippen MR) is 192 cm³/mol. The zero-order valence-electron chi connectivity index (χ0n) is 30.7. The minimum atomic E-state index is -1.52. The summed E-state index contributed by atoms with van der Waals surface area (Å²) in [6, 6.07) is 18.7. The first kappa shape index (κ1) is 40.3. The number of benzene rings is 2. The second kappa shape index (κ2) is 19.4. The number of aliphatic hydroxyl groups is 3. The second-order valence-electron chi connectivity index (χ2n) is 14.4. The fourth-order valence-corrected chi connectivity index (χ4v) is 7.50. The second-order valence-corrected chi connectivity index (χ2v) is 14.4. The van der Waals surface area contributed by atoms with E-state index in [1.54, 1.807) is 0 Å². The first-order valence-corrected chi connectivity index (χ1v) is 18.6. The zero-order chi connectivity index (χ0) is 37.2. The third-order valence-corrected chi connectivity index (χ3v) is 10.6. The molecule has 3 fully saturated rings. The number of aliphatic hydroxyl groups excluding tert-OH is 3. The highest BCUT2D eigenvalue weighted by molar-refractivity contribution is 5.67. The van der Waals surface area contributed by atoms with Gasteiger partial charge in [0.1, 0.15) is 37.1 Å². The molecule has 5 rings (SSSR count). The Kier molecular flexibility index (Phi) is 15.0. The molecule has 2 aromatic rings. The smallest absolute Gasteiger partial charge is 0.407 e. The van der Waals surface area contributed by atoms with Crippen molar-refractivity contribution < 1.29 is 53.3 Å². The maximum Gasteiger partial charge on any atom is 0.407 e. The highest BCUT2D eigenvalue weighted by Crippen LogP contribution is 2.40. The molecular weight excluding hydrogens is 670 g/mol. The molecule has 14 atom stereocenters. The van der Waals surface area contributed by atoms with Crippen LogP contribution in [0.15, 0.2) is 73.3 Å². The molecule has 1 amide bonds. The summed E-state index contributed by atoms with van der Waals surface area (Å²) in [5, 5.41) is 34.4. The van der Waals surface area contributed by atoms with E-state index in [2.05, 4.69) is 32.7 Å². The largest absolute Gasteiger partial charge is 0.445 e. The predicted octanol–water partition coefficient (Wildman–Crippen LogP) is 4.48. The molecule has 3 aliphatic rings. The number of rotatable bonds is 15. The Balaban J connectivity index is 1.42. The lowest BCUT2D eigenvalue weighted by Gasteiger charge is -2.49. The van der Waals surface area contributed by atoms with Gasteiger partial charge in [-0.1, -0.05) is 101 Å². The van der Waals surface area contributed by atoms with Gasteiger partial charge in [0.15, 0.2) is 12.6 Å². The van der Waals surface area contributed by atoms with Crippen molar-refractivity contribution in [1.82, 2.24) is 5.32 Å². The van der Waals surface area contributed by atoms with E-state index in [1.807, 2.05) is 67.6 Å². The van der Waals surface area contributed by atoms with Gasteiger partial charge in [0, 0.05) is 5.92 Å². The van der Waals surface area contributed by atoms with Crippen molar-refractivity contribution in [2.24, 2.45) is 17.8 Å². The molecule has 0 radical (unpaired) electrons. The molecule has 2 saturated heterocycles.